The summed E-state index contributed by atoms with van der Waals surface area (Å²) >= 11 is 0. The Kier molecular flexibility index (Phi) is 6.48. The van der Waals surface area contributed by atoms with Crippen LogP contribution in [0.15, 0.2) is 0 Å². The predicted octanol–water partition coefficient (Wildman–Crippen LogP) is -0.567. The van der Waals surface area contributed by atoms with E-state index in [4.69, 9.17) is 10.8 Å². The molecule has 0 saturated heterocycles. The van der Waals surface area contributed by atoms with Crippen LogP contribution in [0.2, 0.25) is 0 Å². The molecule has 0 heterocycles. The van der Waals surface area contributed by atoms with E-state index in [2.05, 4.69) is 4.74 Å². The first-order chi connectivity index (χ1) is 6.11. The van der Waals surface area contributed by atoms with E-state index in [9.17, 15) is 9.90 Å². The number of aliphatic hydroxyl groups excluding tert-OH is 1. The lowest BCUT2D eigenvalue weighted by Gasteiger charge is -2.15. The van der Waals surface area contributed by atoms with E-state index >= 15 is 0 Å². The zero-order valence-electron chi connectivity index (χ0n) is 7.77. The van der Waals surface area contributed by atoms with Crippen molar-refractivity contribution in [2.45, 2.75) is 18.9 Å². The van der Waals surface area contributed by atoms with E-state index in [1.54, 1.807) is 0 Å². The highest BCUT2D eigenvalue weighted by Gasteiger charge is 2.20. The number of ether oxygens (including phenoxy) is 1. The van der Waals surface area contributed by atoms with Crippen LogP contribution < -0.4 is 5.73 Å². The highest BCUT2D eigenvalue weighted by atomic mass is 16.5. The molecule has 5 nitrogen and oxygen atoms in total. The van der Waals surface area contributed by atoms with Crippen molar-refractivity contribution >= 4 is 5.97 Å². The van der Waals surface area contributed by atoms with Crippen molar-refractivity contribution in [2.75, 3.05) is 20.3 Å². The molecule has 0 amide bonds. The third-order valence-corrected chi connectivity index (χ3v) is 1.78. The number of nitrogens with two attached hydrogens (primary N) is 1. The van der Waals surface area contributed by atoms with Crippen LogP contribution in [-0.4, -0.2) is 42.5 Å². The average Bonchev–Trinajstić information content (AvgIpc) is 2.04. The van der Waals surface area contributed by atoms with Crippen LogP contribution in [0.1, 0.15) is 12.8 Å². The second-order valence-corrected chi connectivity index (χ2v) is 2.96. The first-order valence-corrected chi connectivity index (χ1v) is 4.21. The minimum Gasteiger partial charge on any atom is -0.481 e. The second-order valence-electron chi connectivity index (χ2n) is 2.96. The van der Waals surface area contributed by atoms with Crippen LogP contribution in [0.4, 0.5) is 0 Å². The highest BCUT2D eigenvalue weighted by Crippen LogP contribution is 2.11. The maximum absolute atomic E-state index is 10.6. The van der Waals surface area contributed by atoms with Crippen molar-refractivity contribution in [3.63, 3.8) is 0 Å². The zero-order chi connectivity index (χ0) is 10.3. The third-order valence-electron chi connectivity index (χ3n) is 1.78. The van der Waals surface area contributed by atoms with Gasteiger partial charge in [0.1, 0.15) is 0 Å². The zero-order valence-corrected chi connectivity index (χ0v) is 7.77. The third kappa shape index (κ3) is 5.57. The molecule has 0 saturated carbocycles. The first-order valence-electron chi connectivity index (χ1n) is 4.21. The number of carboxylic acid groups (broad SMARTS) is 1. The van der Waals surface area contributed by atoms with Crippen LogP contribution >= 0.6 is 0 Å². The molecule has 0 aliphatic carbocycles. The molecule has 0 aromatic heterocycles. The minimum absolute atomic E-state index is 0.161. The molecule has 0 bridgehead atoms. The van der Waals surface area contributed by atoms with Crippen molar-refractivity contribution in [2.24, 2.45) is 11.7 Å². The number of aliphatic carboxylic acids is 1. The maximum atomic E-state index is 10.6. The Morgan fingerprint density at radius 3 is 2.62 bits per heavy atom. The summed E-state index contributed by atoms with van der Waals surface area (Å²) in [7, 11) is 1.46. The summed E-state index contributed by atoms with van der Waals surface area (Å²) in [5.41, 5.74) is 5.24. The molecule has 0 rings (SSSR count). The number of carboxylic acids is 1. The minimum atomic E-state index is -0.916. The molecule has 0 aliphatic rings. The van der Waals surface area contributed by atoms with Gasteiger partial charge in [-0.15, -0.1) is 0 Å². The quantitative estimate of drug-likeness (QED) is 0.501. The van der Waals surface area contributed by atoms with Crippen LogP contribution in [0, 0.1) is 5.92 Å². The summed E-state index contributed by atoms with van der Waals surface area (Å²) in [6, 6.07) is 0. The van der Waals surface area contributed by atoms with Gasteiger partial charge in [0.15, 0.2) is 0 Å². The molecule has 0 spiro atoms. The number of aliphatic hydroxyl groups is 1. The van der Waals surface area contributed by atoms with Crippen LogP contribution in [0.3, 0.4) is 0 Å². The van der Waals surface area contributed by atoms with Gasteiger partial charge >= 0.3 is 5.97 Å². The SMILES string of the molecule is COCC(O)CC(CCN)C(=O)O. The van der Waals surface area contributed by atoms with Gasteiger partial charge in [0.05, 0.1) is 18.6 Å². The summed E-state index contributed by atoms with van der Waals surface area (Å²) in [4.78, 5) is 10.6. The fourth-order valence-corrected chi connectivity index (χ4v) is 1.13. The molecule has 5 heteroatoms. The van der Waals surface area contributed by atoms with Gasteiger partial charge < -0.3 is 20.7 Å². The molecule has 0 radical (unpaired) electrons. The summed E-state index contributed by atoms with van der Waals surface area (Å²) in [5.74, 6) is -1.49. The second kappa shape index (κ2) is 6.82. The number of hydrogen-bond donors (Lipinski definition) is 3. The summed E-state index contributed by atoms with van der Waals surface area (Å²) in [6.45, 7) is 0.477. The Morgan fingerprint density at radius 1 is 1.62 bits per heavy atom. The number of hydrogen-bond acceptors (Lipinski definition) is 4. The van der Waals surface area contributed by atoms with Crippen molar-refractivity contribution < 1.29 is 19.7 Å². The number of rotatable bonds is 7. The molecular formula is C8H17NO4. The molecule has 13 heavy (non-hydrogen) atoms. The molecule has 78 valence electrons. The fraction of sp³-hybridized carbons (Fsp3) is 0.875. The lowest BCUT2D eigenvalue weighted by molar-refractivity contribution is -0.143. The van der Waals surface area contributed by atoms with E-state index < -0.39 is 18.0 Å². The maximum Gasteiger partial charge on any atom is 0.306 e. The smallest absolute Gasteiger partial charge is 0.306 e. The van der Waals surface area contributed by atoms with E-state index in [1.807, 2.05) is 0 Å². The van der Waals surface area contributed by atoms with Crippen molar-refractivity contribution in [3.8, 4) is 0 Å². The van der Waals surface area contributed by atoms with Gasteiger partial charge in [0.25, 0.3) is 0 Å². The lowest BCUT2D eigenvalue weighted by Crippen LogP contribution is -2.25. The molecule has 2 atom stereocenters. The van der Waals surface area contributed by atoms with Crippen molar-refractivity contribution in [3.05, 3.63) is 0 Å². The topological polar surface area (TPSA) is 92.8 Å². The molecule has 0 aromatic carbocycles. The molecular weight excluding hydrogens is 174 g/mol. The molecule has 0 aliphatic heterocycles. The van der Waals surface area contributed by atoms with E-state index in [0.29, 0.717) is 13.0 Å². The molecule has 0 fully saturated rings. The van der Waals surface area contributed by atoms with Gasteiger partial charge in [-0.2, -0.15) is 0 Å². The van der Waals surface area contributed by atoms with Gasteiger partial charge in [-0.3, -0.25) is 4.79 Å². The van der Waals surface area contributed by atoms with Crippen molar-refractivity contribution in [1.29, 1.82) is 0 Å². The fourth-order valence-electron chi connectivity index (χ4n) is 1.13. The van der Waals surface area contributed by atoms with Crippen LogP contribution in [0.5, 0.6) is 0 Å². The Hall–Kier alpha value is -0.650. The van der Waals surface area contributed by atoms with Crippen molar-refractivity contribution in [1.82, 2.24) is 0 Å². The first kappa shape index (κ1) is 12.3. The lowest BCUT2D eigenvalue weighted by atomic mass is 9.98. The Bertz CT molecular complexity index is 151. The Balaban J connectivity index is 3.86. The normalized spacial score (nSPS) is 15.3. The number of carbonyl (C=O) groups is 1. The average molecular weight is 191 g/mol. The summed E-state index contributed by atoms with van der Waals surface area (Å²) in [6.07, 6.45) is -0.145. The van der Waals surface area contributed by atoms with Crippen LogP contribution in [-0.2, 0) is 9.53 Å². The standard InChI is InChI=1S/C8H17NO4/c1-13-5-7(10)4-6(2-3-9)8(11)12/h6-7,10H,2-5,9H2,1H3,(H,11,12). The number of methoxy groups -OCH3 is 1. The van der Waals surface area contributed by atoms with Gasteiger partial charge in [-0.05, 0) is 19.4 Å². The van der Waals surface area contributed by atoms with Crippen LogP contribution in [0.25, 0.3) is 0 Å². The molecule has 2 unspecified atom stereocenters. The Labute approximate surface area is 77.5 Å². The predicted molar refractivity (Wildman–Crippen MR) is 47.3 cm³/mol. The summed E-state index contributed by atoms with van der Waals surface area (Å²) in [5, 5.41) is 18.0. The van der Waals surface area contributed by atoms with Gasteiger partial charge in [-0.1, -0.05) is 0 Å². The van der Waals surface area contributed by atoms with Gasteiger partial charge in [-0.25, -0.2) is 0 Å². The Morgan fingerprint density at radius 2 is 2.23 bits per heavy atom. The highest BCUT2D eigenvalue weighted by molar-refractivity contribution is 5.69. The monoisotopic (exact) mass is 191 g/mol. The van der Waals surface area contributed by atoms with E-state index in [-0.39, 0.29) is 13.0 Å². The molecule has 0 aromatic rings. The largest absolute Gasteiger partial charge is 0.481 e. The van der Waals surface area contributed by atoms with E-state index in [0.717, 1.165) is 0 Å². The van der Waals surface area contributed by atoms with Gasteiger partial charge in [0, 0.05) is 7.11 Å². The van der Waals surface area contributed by atoms with E-state index in [1.165, 1.54) is 7.11 Å². The molecule has 4 N–H and O–H groups in total. The van der Waals surface area contributed by atoms with Gasteiger partial charge in [0.2, 0.25) is 0 Å². The summed E-state index contributed by atoms with van der Waals surface area (Å²) < 4.78 is 4.69.